The second kappa shape index (κ2) is 9.13. The third-order valence-corrected chi connectivity index (χ3v) is 7.22. The molecule has 2 aliphatic rings. The van der Waals surface area contributed by atoms with Crippen LogP contribution in [0.5, 0.6) is 0 Å². The molecule has 2 amide bonds. The van der Waals surface area contributed by atoms with Crippen LogP contribution in [0.15, 0.2) is 23.1 Å². The Balaban J connectivity index is 1.82. The van der Waals surface area contributed by atoms with Crippen molar-refractivity contribution in [2.24, 2.45) is 0 Å². The number of hydrogen-bond acceptors (Lipinski definition) is 5. The summed E-state index contributed by atoms with van der Waals surface area (Å²) < 4.78 is 69.6. The number of benzene rings is 1. The quantitative estimate of drug-likeness (QED) is 0.710. The Hall–Kier alpha value is -2.18. The molecule has 2 fully saturated rings. The first kappa shape index (κ1) is 23.5. The zero-order valence-electron chi connectivity index (χ0n) is 16.9. The third-order valence-electron chi connectivity index (χ3n) is 5.33. The molecular formula is C19H24F3N3O5S. The monoisotopic (exact) mass is 463 g/mol. The van der Waals surface area contributed by atoms with Crippen molar-refractivity contribution in [3.8, 4) is 0 Å². The van der Waals surface area contributed by atoms with Crippen molar-refractivity contribution in [2.75, 3.05) is 39.4 Å². The second-order valence-corrected chi connectivity index (χ2v) is 9.42. The largest absolute Gasteiger partial charge is 0.405 e. The van der Waals surface area contributed by atoms with Crippen LogP contribution in [0.2, 0.25) is 0 Å². The van der Waals surface area contributed by atoms with Crippen molar-refractivity contribution in [3.05, 3.63) is 29.3 Å². The maximum Gasteiger partial charge on any atom is 0.405 e. The minimum atomic E-state index is -4.55. The second-order valence-electron chi connectivity index (χ2n) is 7.48. The minimum Gasteiger partial charge on any atom is -0.379 e. The molecule has 1 N–H and O–H groups in total. The van der Waals surface area contributed by atoms with Gasteiger partial charge in [0.1, 0.15) is 12.6 Å². The van der Waals surface area contributed by atoms with E-state index < -0.39 is 40.6 Å². The van der Waals surface area contributed by atoms with Gasteiger partial charge in [-0.05, 0) is 37.5 Å². The summed E-state index contributed by atoms with van der Waals surface area (Å²) >= 11 is 0. The molecule has 8 nitrogen and oxygen atoms in total. The Morgan fingerprint density at radius 1 is 1.19 bits per heavy atom. The highest BCUT2D eigenvalue weighted by Crippen LogP contribution is 2.25. The number of halogens is 3. The molecule has 1 aromatic rings. The number of sulfonamides is 1. The summed E-state index contributed by atoms with van der Waals surface area (Å²) in [4.78, 5) is 26.5. The average Bonchev–Trinajstić information content (AvgIpc) is 3.22. The van der Waals surface area contributed by atoms with E-state index in [1.807, 2.05) is 5.32 Å². The molecule has 0 aromatic heterocycles. The van der Waals surface area contributed by atoms with E-state index in [0.29, 0.717) is 12.0 Å². The van der Waals surface area contributed by atoms with Crippen LogP contribution in [0.4, 0.5) is 13.2 Å². The molecule has 3 rings (SSSR count). The van der Waals surface area contributed by atoms with Crippen molar-refractivity contribution in [1.82, 2.24) is 14.5 Å². The zero-order valence-corrected chi connectivity index (χ0v) is 17.8. The number of carbonyl (C=O) groups is 2. The van der Waals surface area contributed by atoms with E-state index in [-0.39, 0.29) is 49.7 Å². The van der Waals surface area contributed by atoms with Gasteiger partial charge in [0.15, 0.2) is 0 Å². The molecule has 2 saturated heterocycles. The third kappa shape index (κ3) is 5.36. The number of nitrogens with zero attached hydrogens (tertiary/aromatic N) is 2. The molecule has 0 spiro atoms. The SMILES string of the molecule is Cc1ccc(S(=O)(=O)N2CCOCC2)cc1C(=O)N1CCCC1C(=O)NCC(F)(F)F. The summed E-state index contributed by atoms with van der Waals surface area (Å²) in [5.74, 6) is -1.46. The van der Waals surface area contributed by atoms with Gasteiger partial charge in [-0.15, -0.1) is 0 Å². The molecule has 31 heavy (non-hydrogen) atoms. The van der Waals surface area contributed by atoms with E-state index in [1.165, 1.54) is 27.4 Å². The van der Waals surface area contributed by atoms with Crippen molar-refractivity contribution in [2.45, 2.75) is 36.9 Å². The van der Waals surface area contributed by atoms with Crippen LogP contribution in [-0.2, 0) is 19.6 Å². The number of rotatable bonds is 5. The molecule has 1 unspecified atom stereocenters. The standard InChI is InChI=1S/C19H24F3N3O5S/c1-13-4-5-14(31(28,29)24-7-9-30-10-8-24)11-15(13)18(27)25-6-2-3-16(25)17(26)23-12-19(20,21)22/h4-5,11,16H,2-3,6-10,12H2,1H3,(H,23,26). The normalized spacial score (nSPS) is 20.6. The number of nitrogens with one attached hydrogen (secondary N) is 1. The first-order valence-electron chi connectivity index (χ1n) is 9.85. The fourth-order valence-electron chi connectivity index (χ4n) is 3.67. The van der Waals surface area contributed by atoms with Gasteiger partial charge in [0, 0.05) is 25.2 Å². The van der Waals surface area contributed by atoms with Gasteiger partial charge in [-0.1, -0.05) is 6.07 Å². The lowest BCUT2D eigenvalue weighted by molar-refractivity contribution is -0.140. The number of aryl methyl sites for hydroxylation is 1. The van der Waals surface area contributed by atoms with Crippen molar-refractivity contribution < 1.29 is 35.9 Å². The summed E-state index contributed by atoms with van der Waals surface area (Å²) in [5, 5.41) is 1.82. The van der Waals surface area contributed by atoms with E-state index in [4.69, 9.17) is 4.74 Å². The van der Waals surface area contributed by atoms with Crippen LogP contribution in [0, 0.1) is 6.92 Å². The van der Waals surface area contributed by atoms with Crippen LogP contribution in [-0.4, -0.2) is 81.0 Å². The summed E-state index contributed by atoms with van der Waals surface area (Å²) in [7, 11) is -3.83. The molecule has 1 atom stereocenters. The predicted molar refractivity (Wildman–Crippen MR) is 104 cm³/mol. The lowest BCUT2D eigenvalue weighted by Gasteiger charge is -2.27. The zero-order chi connectivity index (χ0) is 22.8. The summed E-state index contributed by atoms with van der Waals surface area (Å²) in [6.45, 7) is 1.31. The smallest absolute Gasteiger partial charge is 0.379 e. The molecule has 0 aliphatic carbocycles. The Bertz CT molecular complexity index is 946. The van der Waals surface area contributed by atoms with Gasteiger partial charge in [0.05, 0.1) is 18.1 Å². The number of alkyl halides is 3. The summed E-state index contributed by atoms with van der Waals surface area (Å²) in [6, 6.07) is 3.16. The van der Waals surface area contributed by atoms with E-state index in [9.17, 15) is 31.2 Å². The average molecular weight is 463 g/mol. The Morgan fingerprint density at radius 3 is 2.52 bits per heavy atom. The highest BCUT2D eigenvalue weighted by Gasteiger charge is 2.37. The van der Waals surface area contributed by atoms with Gasteiger partial charge < -0.3 is 15.0 Å². The molecule has 1 aromatic carbocycles. The van der Waals surface area contributed by atoms with Crippen LogP contribution >= 0.6 is 0 Å². The van der Waals surface area contributed by atoms with Crippen LogP contribution in [0.3, 0.4) is 0 Å². The van der Waals surface area contributed by atoms with E-state index in [2.05, 4.69) is 0 Å². The topological polar surface area (TPSA) is 96.0 Å². The van der Waals surface area contributed by atoms with E-state index in [1.54, 1.807) is 6.92 Å². The Labute approximate surface area is 178 Å². The van der Waals surface area contributed by atoms with Crippen molar-refractivity contribution in [3.63, 3.8) is 0 Å². The van der Waals surface area contributed by atoms with Crippen LogP contribution in [0.1, 0.15) is 28.8 Å². The maximum absolute atomic E-state index is 13.1. The first-order valence-corrected chi connectivity index (χ1v) is 11.3. The highest BCUT2D eigenvalue weighted by atomic mass is 32.2. The van der Waals surface area contributed by atoms with Gasteiger partial charge in [0.2, 0.25) is 15.9 Å². The number of hydrogen-bond donors (Lipinski definition) is 1. The highest BCUT2D eigenvalue weighted by molar-refractivity contribution is 7.89. The minimum absolute atomic E-state index is 0.0550. The van der Waals surface area contributed by atoms with Gasteiger partial charge in [-0.25, -0.2) is 8.42 Å². The number of amides is 2. The van der Waals surface area contributed by atoms with E-state index in [0.717, 1.165) is 0 Å². The molecule has 172 valence electrons. The lowest BCUT2D eigenvalue weighted by Crippen LogP contribution is -2.48. The predicted octanol–water partition coefficient (Wildman–Crippen LogP) is 1.30. The maximum atomic E-state index is 13.1. The molecule has 2 aliphatic heterocycles. The number of morpholine rings is 1. The summed E-state index contributed by atoms with van der Waals surface area (Å²) in [5.41, 5.74) is 0.608. The lowest BCUT2D eigenvalue weighted by atomic mass is 10.1. The molecule has 12 heteroatoms. The van der Waals surface area contributed by atoms with Crippen molar-refractivity contribution >= 4 is 21.8 Å². The van der Waals surface area contributed by atoms with Crippen LogP contribution < -0.4 is 5.32 Å². The fourth-order valence-corrected chi connectivity index (χ4v) is 5.10. The molecule has 0 radical (unpaired) electrons. The van der Waals surface area contributed by atoms with E-state index >= 15 is 0 Å². The number of ether oxygens (including phenoxy) is 1. The molecule has 0 saturated carbocycles. The van der Waals surface area contributed by atoms with Gasteiger partial charge in [-0.2, -0.15) is 17.5 Å². The van der Waals surface area contributed by atoms with Gasteiger partial charge in [0.25, 0.3) is 5.91 Å². The first-order chi connectivity index (χ1) is 14.5. The Kier molecular flexibility index (Phi) is 6.92. The van der Waals surface area contributed by atoms with Crippen molar-refractivity contribution in [1.29, 1.82) is 0 Å². The summed E-state index contributed by atoms with van der Waals surface area (Å²) in [6.07, 6.45) is -3.86. The van der Waals surface area contributed by atoms with Gasteiger partial charge in [-0.3, -0.25) is 9.59 Å². The molecule has 2 heterocycles. The van der Waals surface area contributed by atoms with Gasteiger partial charge >= 0.3 is 6.18 Å². The fraction of sp³-hybridized carbons (Fsp3) is 0.579. The van der Waals surface area contributed by atoms with Crippen LogP contribution in [0.25, 0.3) is 0 Å². The molecule has 0 bridgehead atoms. The number of carbonyl (C=O) groups excluding carboxylic acids is 2. The number of likely N-dealkylation sites (tertiary alicyclic amines) is 1. The Morgan fingerprint density at radius 2 is 1.87 bits per heavy atom. The molecular weight excluding hydrogens is 439 g/mol.